The summed E-state index contributed by atoms with van der Waals surface area (Å²) in [6.45, 7) is 3.13. The monoisotopic (exact) mass is 376 g/mol. The number of sulfonamides is 1. The molecule has 1 atom stereocenters. The van der Waals surface area contributed by atoms with Gasteiger partial charge in [-0.1, -0.05) is 13.3 Å². The molecular weight excluding hydrogens is 352 g/mol. The number of hydrogen-bond acceptors (Lipinski definition) is 7. The molecule has 1 aromatic carbocycles. The molecule has 1 aliphatic rings. The van der Waals surface area contributed by atoms with E-state index in [1.807, 2.05) is 6.20 Å². The van der Waals surface area contributed by atoms with Gasteiger partial charge in [0.1, 0.15) is 0 Å². The molecular formula is C17H24N6O2S. The molecule has 0 aliphatic carbocycles. The highest BCUT2D eigenvalue weighted by Gasteiger charge is 2.28. The molecule has 2 aromatic rings. The Labute approximate surface area is 154 Å². The molecule has 140 valence electrons. The lowest BCUT2D eigenvalue weighted by Crippen LogP contribution is -2.46. The maximum Gasteiger partial charge on any atom is 0.238 e. The molecule has 3 rings (SSSR count). The minimum atomic E-state index is -3.70. The molecule has 1 aliphatic heterocycles. The fraction of sp³-hybridized carbons (Fsp3) is 0.412. The van der Waals surface area contributed by atoms with Gasteiger partial charge in [0.05, 0.1) is 16.8 Å². The molecule has 0 saturated carbocycles. The Morgan fingerprint density at radius 2 is 1.96 bits per heavy atom. The van der Waals surface area contributed by atoms with E-state index in [9.17, 15) is 8.42 Å². The zero-order valence-electron chi connectivity index (χ0n) is 15.2. The Balaban J connectivity index is 1.85. The van der Waals surface area contributed by atoms with Crippen molar-refractivity contribution in [1.29, 1.82) is 0 Å². The first-order chi connectivity index (χ1) is 12.3. The molecule has 9 heteroatoms. The van der Waals surface area contributed by atoms with Crippen molar-refractivity contribution in [2.24, 2.45) is 5.14 Å². The van der Waals surface area contributed by atoms with Crippen LogP contribution in [0.15, 0.2) is 35.4 Å². The Morgan fingerprint density at radius 3 is 2.58 bits per heavy atom. The Bertz CT molecular complexity index is 885. The van der Waals surface area contributed by atoms with E-state index in [0.717, 1.165) is 30.9 Å². The van der Waals surface area contributed by atoms with Crippen LogP contribution in [0.2, 0.25) is 0 Å². The van der Waals surface area contributed by atoms with Crippen LogP contribution < -0.4 is 20.3 Å². The molecule has 1 aromatic heterocycles. The number of anilines is 4. The zero-order valence-corrected chi connectivity index (χ0v) is 16.0. The maximum absolute atomic E-state index is 11.3. The molecule has 0 radical (unpaired) electrons. The smallest absolute Gasteiger partial charge is 0.238 e. The first-order valence-corrected chi connectivity index (χ1v) is 10.0. The van der Waals surface area contributed by atoms with Gasteiger partial charge in [-0.3, -0.25) is 0 Å². The third-order valence-corrected chi connectivity index (χ3v) is 5.52. The van der Waals surface area contributed by atoms with Gasteiger partial charge in [0.25, 0.3) is 0 Å². The summed E-state index contributed by atoms with van der Waals surface area (Å²) in [7, 11) is 0.411. The van der Waals surface area contributed by atoms with Gasteiger partial charge in [-0.2, -0.15) is 4.98 Å². The van der Waals surface area contributed by atoms with Gasteiger partial charge in [0, 0.05) is 32.4 Å². The normalized spacial score (nSPS) is 17.2. The van der Waals surface area contributed by atoms with Crippen molar-refractivity contribution >= 4 is 33.2 Å². The summed E-state index contributed by atoms with van der Waals surface area (Å²) in [4.78, 5) is 13.5. The first kappa shape index (κ1) is 18.4. The van der Waals surface area contributed by atoms with Crippen LogP contribution in [-0.4, -0.2) is 45.1 Å². The van der Waals surface area contributed by atoms with E-state index >= 15 is 0 Å². The number of rotatable bonds is 5. The van der Waals surface area contributed by atoms with Crippen LogP contribution in [0.25, 0.3) is 0 Å². The summed E-state index contributed by atoms with van der Waals surface area (Å²) in [6, 6.07) is 6.59. The number of fused-ring (bicyclic) bond motifs is 1. The minimum absolute atomic E-state index is 0.0678. The van der Waals surface area contributed by atoms with Gasteiger partial charge in [-0.15, -0.1) is 0 Å². The Morgan fingerprint density at radius 1 is 1.27 bits per heavy atom. The van der Waals surface area contributed by atoms with Gasteiger partial charge in [-0.05, 0) is 30.7 Å². The lowest BCUT2D eigenvalue weighted by Gasteiger charge is -2.40. The average Bonchev–Trinajstić information content (AvgIpc) is 2.59. The standard InChI is InChI=1S/C17H24N6O2S/c1-4-5-13-11-22(2)15-10-19-17(21-16(15)23(13)3)20-12-6-8-14(9-7-12)26(18,24)25/h6-10,13H,4-5,11H2,1-3H3,(H2,18,24,25)(H,19,20,21). The van der Waals surface area contributed by atoms with Crippen LogP contribution >= 0.6 is 0 Å². The van der Waals surface area contributed by atoms with Gasteiger partial charge >= 0.3 is 0 Å². The van der Waals surface area contributed by atoms with E-state index in [1.54, 1.807) is 12.1 Å². The number of aromatic nitrogens is 2. The van der Waals surface area contributed by atoms with Crippen molar-refractivity contribution in [2.45, 2.75) is 30.7 Å². The Hall–Kier alpha value is -2.39. The van der Waals surface area contributed by atoms with Crippen molar-refractivity contribution in [1.82, 2.24) is 9.97 Å². The molecule has 0 amide bonds. The molecule has 0 spiro atoms. The minimum Gasteiger partial charge on any atom is -0.368 e. The van der Waals surface area contributed by atoms with Crippen molar-refractivity contribution in [3.8, 4) is 0 Å². The van der Waals surface area contributed by atoms with E-state index in [0.29, 0.717) is 17.7 Å². The third kappa shape index (κ3) is 3.73. The third-order valence-electron chi connectivity index (χ3n) is 4.59. The summed E-state index contributed by atoms with van der Waals surface area (Å²) in [5.74, 6) is 1.35. The highest BCUT2D eigenvalue weighted by molar-refractivity contribution is 7.89. The summed E-state index contributed by atoms with van der Waals surface area (Å²) in [6.07, 6.45) is 4.02. The van der Waals surface area contributed by atoms with Gasteiger partial charge in [0.2, 0.25) is 16.0 Å². The molecule has 0 saturated heterocycles. The van der Waals surface area contributed by atoms with Crippen molar-refractivity contribution < 1.29 is 8.42 Å². The summed E-state index contributed by atoms with van der Waals surface area (Å²) < 4.78 is 22.7. The Kier molecular flexibility index (Phi) is 5.01. The summed E-state index contributed by atoms with van der Waals surface area (Å²) >= 11 is 0. The van der Waals surface area contributed by atoms with E-state index < -0.39 is 10.0 Å². The lowest BCUT2D eigenvalue weighted by molar-refractivity contribution is 0.547. The second-order valence-corrected chi connectivity index (χ2v) is 8.09. The molecule has 0 fully saturated rings. The molecule has 8 nitrogen and oxygen atoms in total. The van der Waals surface area contributed by atoms with Crippen LogP contribution in [0.5, 0.6) is 0 Å². The van der Waals surface area contributed by atoms with E-state index in [1.165, 1.54) is 12.1 Å². The molecule has 3 N–H and O–H groups in total. The highest BCUT2D eigenvalue weighted by Crippen LogP contribution is 2.33. The van der Waals surface area contributed by atoms with Crippen LogP contribution in [0.4, 0.5) is 23.1 Å². The van der Waals surface area contributed by atoms with Crippen LogP contribution in [0.3, 0.4) is 0 Å². The van der Waals surface area contributed by atoms with Gasteiger partial charge in [0.15, 0.2) is 5.82 Å². The second-order valence-electron chi connectivity index (χ2n) is 6.53. The zero-order chi connectivity index (χ0) is 18.9. The number of nitrogens with zero attached hydrogens (tertiary/aromatic N) is 4. The van der Waals surface area contributed by atoms with Crippen LogP contribution in [0.1, 0.15) is 19.8 Å². The lowest BCUT2D eigenvalue weighted by atomic mass is 10.1. The fourth-order valence-electron chi connectivity index (χ4n) is 3.14. The van der Waals surface area contributed by atoms with Crippen LogP contribution in [0, 0.1) is 0 Å². The fourth-order valence-corrected chi connectivity index (χ4v) is 3.66. The number of benzene rings is 1. The number of primary sulfonamides is 1. The second kappa shape index (κ2) is 7.08. The highest BCUT2D eigenvalue weighted by atomic mass is 32.2. The van der Waals surface area contributed by atoms with Crippen LogP contribution in [-0.2, 0) is 10.0 Å². The number of nitrogens with one attached hydrogen (secondary N) is 1. The largest absolute Gasteiger partial charge is 0.368 e. The van der Waals surface area contributed by atoms with Crippen molar-refractivity contribution in [3.63, 3.8) is 0 Å². The topological polar surface area (TPSA) is 104 Å². The van der Waals surface area contributed by atoms with E-state index in [2.05, 4.69) is 46.1 Å². The number of likely N-dealkylation sites (N-methyl/N-ethyl adjacent to an activating group) is 2. The van der Waals surface area contributed by atoms with Gasteiger partial charge in [-0.25, -0.2) is 18.5 Å². The van der Waals surface area contributed by atoms with E-state index in [4.69, 9.17) is 5.14 Å². The van der Waals surface area contributed by atoms with Crippen molar-refractivity contribution in [2.75, 3.05) is 35.8 Å². The van der Waals surface area contributed by atoms with E-state index in [-0.39, 0.29) is 4.90 Å². The SMILES string of the molecule is CCCC1CN(C)c2cnc(Nc3ccc(S(N)(=O)=O)cc3)nc2N1C. The predicted molar refractivity (Wildman–Crippen MR) is 103 cm³/mol. The first-order valence-electron chi connectivity index (χ1n) is 8.50. The maximum atomic E-state index is 11.3. The molecule has 2 heterocycles. The molecule has 26 heavy (non-hydrogen) atoms. The summed E-state index contributed by atoms with van der Waals surface area (Å²) in [5, 5.41) is 8.23. The quantitative estimate of drug-likeness (QED) is 0.821. The molecule has 1 unspecified atom stereocenters. The average molecular weight is 376 g/mol. The molecule has 0 bridgehead atoms. The summed E-state index contributed by atoms with van der Waals surface area (Å²) in [5.41, 5.74) is 1.68. The van der Waals surface area contributed by atoms with Gasteiger partial charge < -0.3 is 15.1 Å². The van der Waals surface area contributed by atoms with Crippen molar-refractivity contribution in [3.05, 3.63) is 30.5 Å². The predicted octanol–water partition coefficient (Wildman–Crippen LogP) is 1.92. The number of hydrogen-bond donors (Lipinski definition) is 2. The number of nitrogens with two attached hydrogens (primary N) is 1.